The molecule has 3 heterocycles. The van der Waals surface area contributed by atoms with Gasteiger partial charge in [0.25, 0.3) is 5.91 Å². The summed E-state index contributed by atoms with van der Waals surface area (Å²) >= 11 is 0. The number of ether oxygens (including phenoxy) is 2. The maximum atomic E-state index is 13.9. The van der Waals surface area contributed by atoms with Crippen LogP contribution in [0, 0.1) is 18.7 Å². The first-order valence-corrected chi connectivity index (χ1v) is 14.5. The van der Waals surface area contributed by atoms with Gasteiger partial charge >= 0.3 is 6.09 Å². The van der Waals surface area contributed by atoms with Crippen LogP contribution in [0.25, 0.3) is 16.9 Å². The number of carbonyl (C=O) groups excluding carboxylic acids is 2. The van der Waals surface area contributed by atoms with E-state index in [0.29, 0.717) is 48.0 Å². The molecule has 2 aromatic carbocycles. The zero-order valence-electron chi connectivity index (χ0n) is 24.7. The first-order chi connectivity index (χ1) is 20.5. The highest BCUT2D eigenvalue weighted by Crippen LogP contribution is 2.31. The van der Waals surface area contributed by atoms with Gasteiger partial charge in [-0.25, -0.2) is 18.7 Å². The Kier molecular flexibility index (Phi) is 7.41. The van der Waals surface area contributed by atoms with E-state index in [1.165, 1.54) is 12.1 Å². The zero-order valence-corrected chi connectivity index (χ0v) is 24.7. The number of hydrogen-bond acceptors (Lipinski definition) is 7. The highest BCUT2D eigenvalue weighted by Gasteiger charge is 2.33. The van der Waals surface area contributed by atoms with Crippen molar-refractivity contribution in [3.63, 3.8) is 0 Å². The number of imidazole rings is 1. The lowest BCUT2D eigenvalue weighted by molar-refractivity contribution is 0.000836. The quantitative estimate of drug-likeness (QED) is 0.268. The molecule has 224 valence electrons. The van der Waals surface area contributed by atoms with E-state index >= 15 is 0 Å². The highest BCUT2D eigenvalue weighted by molar-refractivity contribution is 5.96. The number of aromatic nitrogens is 3. The maximum Gasteiger partial charge on any atom is 0.410 e. The molecule has 11 heteroatoms. The third kappa shape index (κ3) is 6.55. The number of likely N-dealkylation sites (tertiary alicyclic amines) is 1. The van der Waals surface area contributed by atoms with Crippen LogP contribution in [0.15, 0.2) is 54.7 Å². The fourth-order valence-electron chi connectivity index (χ4n) is 4.97. The summed E-state index contributed by atoms with van der Waals surface area (Å²) in [7, 11) is 0. The molecule has 1 aliphatic carbocycles. The maximum absolute atomic E-state index is 13.9. The van der Waals surface area contributed by atoms with Gasteiger partial charge in [-0.15, -0.1) is 5.10 Å². The van der Waals surface area contributed by atoms with Crippen LogP contribution in [-0.4, -0.2) is 62.8 Å². The fourth-order valence-corrected chi connectivity index (χ4v) is 4.97. The summed E-state index contributed by atoms with van der Waals surface area (Å²) in [6.45, 7) is 9.20. The molecule has 2 N–H and O–H groups in total. The second-order valence-corrected chi connectivity index (χ2v) is 12.2. The third-order valence-corrected chi connectivity index (χ3v) is 7.33. The molecular weight excluding hydrogens is 551 g/mol. The van der Waals surface area contributed by atoms with Gasteiger partial charge in [0, 0.05) is 54.9 Å². The Balaban J connectivity index is 1.26. The molecule has 10 nitrogen and oxygen atoms in total. The average Bonchev–Trinajstić information content (AvgIpc) is 3.61. The van der Waals surface area contributed by atoms with Gasteiger partial charge < -0.3 is 25.0 Å². The Bertz CT molecular complexity index is 1690. The number of nitrogens with one attached hydrogen (secondary N) is 2. The molecule has 1 saturated carbocycles. The summed E-state index contributed by atoms with van der Waals surface area (Å²) in [5, 5.41) is 11.2. The first-order valence-electron chi connectivity index (χ1n) is 14.5. The second kappa shape index (κ2) is 11.2. The number of halogens is 1. The largest absolute Gasteiger partial charge is 0.444 e. The number of rotatable bonds is 8. The van der Waals surface area contributed by atoms with Crippen molar-refractivity contribution in [3.8, 4) is 22.9 Å². The van der Waals surface area contributed by atoms with E-state index in [-0.39, 0.29) is 29.8 Å². The van der Waals surface area contributed by atoms with E-state index in [1.54, 1.807) is 33.8 Å². The number of aryl methyl sites for hydroxylation is 1. The Hall–Kier alpha value is -4.67. The van der Waals surface area contributed by atoms with Crippen LogP contribution in [-0.2, 0) is 4.74 Å². The molecule has 0 spiro atoms. The second-order valence-electron chi connectivity index (χ2n) is 12.2. The smallest absolute Gasteiger partial charge is 0.410 e. The molecule has 2 aromatic heterocycles. The Labute approximate surface area is 249 Å². The van der Waals surface area contributed by atoms with Crippen LogP contribution in [0.5, 0.6) is 11.6 Å². The van der Waals surface area contributed by atoms with Gasteiger partial charge in [-0.3, -0.25) is 4.79 Å². The number of benzene rings is 2. The van der Waals surface area contributed by atoms with Crippen molar-refractivity contribution in [2.45, 2.75) is 52.2 Å². The minimum atomic E-state index is -0.540. The van der Waals surface area contributed by atoms with Crippen molar-refractivity contribution >= 4 is 23.3 Å². The predicted molar refractivity (Wildman–Crippen MR) is 160 cm³/mol. The molecular formula is C32H35FN6O4. The minimum Gasteiger partial charge on any atom is -0.444 e. The lowest BCUT2D eigenvalue weighted by atomic mass is 10.0. The molecule has 2 aliphatic rings. The fraction of sp³-hybridized carbons (Fsp3) is 0.375. The normalized spacial score (nSPS) is 15.2. The first kappa shape index (κ1) is 28.4. The van der Waals surface area contributed by atoms with Gasteiger partial charge in [-0.2, -0.15) is 0 Å². The average molecular weight is 587 g/mol. The highest BCUT2D eigenvalue weighted by atomic mass is 19.1. The van der Waals surface area contributed by atoms with E-state index in [2.05, 4.69) is 20.7 Å². The zero-order chi connectivity index (χ0) is 30.3. The van der Waals surface area contributed by atoms with Crippen molar-refractivity contribution in [2.24, 2.45) is 5.92 Å². The van der Waals surface area contributed by atoms with Gasteiger partial charge in [-0.05, 0) is 70.4 Å². The molecule has 6 rings (SSSR count). The molecule has 0 radical (unpaired) electrons. The van der Waals surface area contributed by atoms with Crippen LogP contribution in [0.1, 0.15) is 49.5 Å². The molecule has 0 atom stereocenters. The number of anilines is 1. The summed E-state index contributed by atoms with van der Waals surface area (Å²) in [6.07, 6.45) is 3.46. The molecule has 0 unspecified atom stereocenters. The standard InChI is InChI=1S/C32H35FN6O4/c1-19-12-21(8-11-25(19)30(40)36-23-9-10-23)27-16-35-29-26(34-15-20-17-38(18-20)31(41)43-32(2,3)4)14-28(37-39(27)29)42-24-7-5-6-22(33)13-24/h5-8,11-14,16,20,23,34H,9-10,15,17-18H2,1-4H3,(H,36,40). The molecule has 2 amide bonds. The molecule has 43 heavy (non-hydrogen) atoms. The van der Waals surface area contributed by atoms with E-state index < -0.39 is 11.4 Å². The van der Waals surface area contributed by atoms with E-state index in [4.69, 9.17) is 9.47 Å². The number of amides is 2. The lowest BCUT2D eigenvalue weighted by Gasteiger charge is -2.39. The Morgan fingerprint density at radius 1 is 1.09 bits per heavy atom. The summed E-state index contributed by atoms with van der Waals surface area (Å²) in [5.41, 5.74) is 3.74. The monoisotopic (exact) mass is 586 g/mol. The molecule has 1 aliphatic heterocycles. The van der Waals surface area contributed by atoms with Crippen LogP contribution in [0.3, 0.4) is 0 Å². The van der Waals surface area contributed by atoms with Crippen LogP contribution in [0.4, 0.5) is 14.9 Å². The van der Waals surface area contributed by atoms with E-state index in [0.717, 1.165) is 24.0 Å². The van der Waals surface area contributed by atoms with Gasteiger partial charge in [0.2, 0.25) is 5.88 Å². The van der Waals surface area contributed by atoms with Crippen LogP contribution in [0.2, 0.25) is 0 Å². The van der Waals surface area contributed by atoms with Crippen LogP contribution < -0.4 is 15.4 Å². The molecule has 0 bridgehead atoms. The van der Waals surface area contributed by atoms with Crippen molar-refractivity contribution in [3.05, 3.63) is 71.7 Å². The predicted octanol–water partition coefficient (Wildman–Crippen LogP) is 5.81. The van der Waals surface area contributed by atoms with Gasteiger partial charge in [0.1, 0.15) is 17.2 Å². The number of fused-ring (bicyclic) bond motifs is 1. The molecule has 4 aromatic rings. The number of nitrogens with zero attached hydrogens (tertiary/aromatic N) is 4. The van der Waals surface area contributed by atoms with E-state index in [9.17, 15) is 14.0 Å². The SMILES string of the molecule is Cc1cc(-c2cnc3c(NCC4CN(C(=O)OC(C)(C)C)C4)cc(Oc4cccc(F)c4)nn23)ccc1C(=O)NC1CC1. The Morgan fingerprint density at radius 3 is 2.58 bits per heavy atom. The van der Waals surface area contributed by atoms with Gasteiger partial charge in [-0.1, -0.05) is 12.1 Å². The third-order valence-electron chi connectivity index (χ3n) is 7.33. The molecule has 2 fully saturated rings. The van der Waals surface area contributed by atoms with E-state index in [1.807, 2.05) is 45.9 Å². The van der Waals surface area contributed by atoms with Crippen molar-refractivity contribution in [1.82, 2.24) is 24.8 Å². The summed E-state index contributed by atoms with van der Waals surface area (Å²) in [4.78, 5) is 31.3. The summed E-state index contributed by atoms with van der Waals surface area (Å²) < 4.78 is 27.0. The minimum absolute atomic E-state index is 0.0682. The topological polar surface area (TPSA) is 110 Å². The number of carbonyl (C=O) groups is 2. The Morgan fingerprint density at radius 2 is 1.88 bits per heavy atom. The lowest BCUT2D eigenvalue weighted by Crippen LogP contribution is -2.53. The van der Waals surface area contributed by atoms with Crippen molar-refractivity contribution in [2.75, 3.05) is 25.0 Å². The van der Waals surface area contributed by atoms with Crippen molar-refractivity contribution < 1.29 is 23.5 Å². The van der Waals surface area contributed by atoms with Gasteiger partial charge in [0.15, 0.2) is 5.65 Å². The summed E-state index contributed by atoms with van der Waals surface area (Å²) in [6, 6.07) is 13.5. The summed E-state index contributed by atoms with van der Waals surface area (Å²) in [5.74, 6) is 0.302. The van der Waals surface area contributed by atoms with Gasteiger partial charge in [0.05, 0.1) is 17.6 Å². The molecule has 1 saturated heterocycles. The van der Waals surface area contributed by atoms with Crippen molar-refractivity contribution in [1.29, 1.82) is 0 Å². The number of hydrogen-bond donors (Lipinski definition) is 2. The van der Waals surface area contributed by atoms with Crippen LogP contribution >= 0.6 is 0 Å².